The first-order valence-electron chi connectivity index (χ1n) is 5.43. The third-order valence-corrected chi connectivity index (χ3v) is 2.06. The maximum atomic E-state index is 11.6. The summed E-state index contributed by atoms with van der Waals surface area (Å²) in [5, 5.41) is 14.6. The van der Waals surface area contributed by atoms with Crippen molar-refractivity contribution in [3.05, 3.63) is 22.8 Å². The summed E-state index contributed by atoms with van der Waals surface area (Å²) in [6, 6.07) is 4.97. The monoisotopic (exact) mass is 266 g/mol. The summed E-state index contributed by atoms with van der Waals surface area (Å²) >= 11 is 5.75. The number of nitriles is 1. The maximum Gasteiger partial charge on any atom is 0.239 e. The highest BCUT2D eigenvalue weighted by Gasteiger charge is 2.13. The third-order valence-electron chi connectivity index (χ3n) is 1.87. The van der Waals surface area contributed by atoms with Crippen molar-refractivity contribution < 1.29 is 4.79 Å². The molecule has 1 heterocycles. The molecule has 0 unspecified atom stereocenters. The van der Waals surface area contributed by atoms with E-state index in [0.29, 0.717) is 11.4 Å². The zero-order chi connectivity index (χ0) is 13.8. The van der Waals surface area contributed by atoms with Crippen molar-refractivity contribution in [1.29, 1.82) is 5.26 Å². The molecule has 0 bridgehead atoms. The van der Waals surface area contributed by atoms with Crippen LogP contribution in [0.2, 0.25) is 5.15 Å². The number of nitrogens with zero attached hydrogens (tertiary/aromatic N) is 2. The maximum absolute atomic E-state index is 11.6. The van der Waals surface area contributed by atoms with Gasteiger partial charge in [-0.05, 0) is 32.9 Å². The molecule has 96 valence electrons. The van der Waals surface area contributed by atoms with Gasteiger partial charge >= 0.3 is 0 Å². The number of hydrogen-bond donors (Lipinski definition) is 2. The van der Waals surface area contributed by atoms with Gasteiger partial charge < -0.3 is 10.6 Å². The molecule has 5 nitrogen and oxygen atoms in total. The van der Waals surface area contributed by atoms with Crippen LogP contribution >= 0.6 is 11.6 Å². The Morgan fingerprint density at radius 1 is 1.50 bits per heavy atom. The van der Waals surface area contributed by atoms with E-state index in [0.717, 1.165) is 0 Å². The van der Waals surface area contributed by atoms with Crippen LogP contribution in [0.1, 0.15) is 26.3 Å². The number of amides is 1. The van der Waals surface area contributed by atoms with Crippen LogP contribution in [0.4, 0.5) is 5.82 Å². The zero-order valence-electron chi connectivity index (χ0n) is 10.5. The number of halogens is 1. The molecule has 0 saturated heterocycles. The lowest BCUT2D eigenvalue weighted by Crippen LogP contribution is -2.43. The summed E-state index contributed by atoms with van der Waals surface area (Å²) in [6.45, 7) is 5.78. The molecular weight excluding hydrogens is 252 g/mol. The van der Waals surface area contributed by atoms with Crippen LogP contribution in [-0.2, 0) is 4.79 Å². The Hall–Kier alpha value is -1.80. The summed E-state index contributed by atoms with van der Waals surface area (Å²) in [4.78, 5) is 15.5. The number of pyridine rings is 1. The zero-order valence-corrected chi connectivity index (χ0v) is 11.3. The molecule has 0 spiro atoms. The van der Waals surface area contributed by atoms with Crippen LogP contribution in [0.3, 0.4) is 0 Å². The van der Waals surface area contributed by atoms with Gasteiger partial charge in [0.25, 0.3) is 0 Å². The Kier molecular flexibility index (Phi) is 4.51. The number of anilines is 1. The normalized spacial score (nSPS) is 10.6. The predicted molar refractivity (Wildman–Crippen MR) is 70.3 cm³/mol. The van der Waals surface area contributed by atoms with Crippen LogP contribution in [0.5, 0.6) is 0 Å². The second kappa shape index (κ2) is 5.69. The molecule has 6 heteroatoms. The first kappa shape index (κ1) is 14.3. The van der Waals surface area contributed by atoms with Gasteiger partial charge in [-0.15, -0.1) is 0 Å². The molecule has 1 aromatic heterocycles. The number of carbonyl (C=O) groups is 1. The van der Waals surface area contributed by atoms with Crippen molar-refractivity contribution in [2.75, 3.05) is 11.9 Å². The van der Waals surface area contributed by atoms with Crippen molar-refractivity contribution in [3.8, 4) is 6.07 Å². The summed E-state index contributed by atoms with van der Waals surface area (Å²) in [7, 11) is 0. The van der Waals surface area contributed by atoms with Crippen molar-refractivity contribution in [1.82, 2.24) is 10.3 Å². The van der Waals surface area contributed by atoms with Crippen LogP contribution in [-0.4, -0.2) is 23.0 Å². The Morgan fingerprint density at radius 3 is 2.72 bits per heavy atom. The fourth-order valence-corrected chi connectivity index (χ4v) is 1.49. The van der Waals surface area contributed by atoms with Crippen molar-refractivity contribution in [2.45, 2.75) is 26.3 Å². The minimum Gasteiger partial charge on any atom is -0.361 e. The van der Waals surface area contributed by atoms with E-state index in [1.807, 2.05) is 26.8 Å². The molecule has 1 aromatic rings. The van der Waals surface area contributed by atoms with Gasteiger partial charge in [0, 0.05) is 5.54 Å². The van der Waals surface area contributed by atoms with Crippen LogP contribution in [0, 0.1) is 11.3 Å². The molecule has 1 rings (SSSR count). The number of nitrogens with one attached hydrogen (secondary N) is 2. The van der Waals surface area contributed by atoms with E-state index in [4.69, 9.17) is 16.9 Å². The summed E-state index contributed by atoms with van der Waals surface area (Å²) in [5.41, 5.74) is 0.118. The second-order valence-corrected chi connectivity index (χ2v) is 5.21. The van der Waals surface area contributed by atoms with E-state index in [-0.39, 0.29) is 23.1 Å². The average Bonchev–Trinajstić information content (AvgIpc) is 2.23. The van der Waals surface area contributed by atoms with Crippen LogP contribution in [0.15, 0.2) is 12.1 Å². The van der Waals surface area contributed by atoms with E-state index in [2.05, 4.69) is 15.6 Å². The van der Waals surface area contributed by atoms with Gasteiger partial charge in [0.05, 0.1) is 18.2 Å². The number of aromatic nitrogens is 1. The fraction of sp³-hybridized carbons (Fsp3) is 0.417. The summed E-state index contributed by atoms with van der Waals surface area (Å²) in [5.74, 6) is 0.255. The van der Waals surface area contributed by atoms with Gasteiger partial charge in [0.15, 0.2) is 0 Å². The van der Waals surface area contributed by atoms with Crippen molar-refractivity contribution >= 4 is 23.3 Å². The van der Waals surface area contributed by atoms with Gasteiger partial charge in [0.1, 0.15) is 11.0 Å². The molecular formula is C12H15ClN4O. The van der Waals surface area contributed by atoms with Gasteiger partial charge in [0.2, 0.25) is 5.91 Å². The minimum atomic E-state index is -0.279. The lowest BCUT2D eigenvalue weighted by molar-refractivity contribution is -0.120. The second-order valence-electron chi connectivity index (χ2n) is 4.83. The Bertz CT molecular complexity index is 488. The lowest BCUT2D eigenvalue weighted by Gasteiger charge is -2.20. The molecule has 0 saturated carbocycles. The van der Waals surface area contributed by atoms with E-state index >= 15 is 0 Å². The summed E-state index contributed by atoms with van der Waals surface area (Å²) < 4.78 is 0. The predicted octanol–water partition coefficient (Wildman–Crippen LogP) is 1.93. The standard InChI is InChI=1S/C12H15ClN4O/c1-12(2,3)17-11(18)7-15-10-5-8(6-14)4-9(13)16-10/h4-5H,7H2,1-3H3,(H,15,16)(H,17,18). The molecule has 2 N–H and O–H groups in total. The van der Waals surface area contributed by atoms with E-state index in [9.17, 15) is 4.79 Å². The van der Waals surface area contributed by atoms with E-state index < -0.39 is 0 Å². The molecule has 0 fully saturated rings. The average molecular weight is 267 g/mol. The highest BCUT2D eigenvalue weighted by molar-refractivity contribution is 6.29. The third kappa shape index (κ3) is 5.02. The topological polar surface area (TPSA) is 77.8 Å². The molecule has 0 atom stereocenters. The van der Waals surface area contributed by atoms with Crippen LogP contribution < -0.4 is 10.6 Å². The molecule has 0 radical (unpaired) electrons. The Balaban J connectivity index is 2.62. The van der Waals surface area contributed by atoms with E-state index in [1.54, 1.807) is 0 Å². The molecule has 0 aliphatic heterocycles. The molecule has 0 aliphatic carbocycles. The number of rotatable bonds is 3. The smallest absolute Gasteiger partial charge is 0.239 e. The molecule has 0 aliphatic rings. The quantitative estimate of drug-likeness (QED) is 0.820. The van der Waals surface area contributed by atoms with Gasteiger partial charge in [-0.2, -0.15) is 5.26 Å². The largest absolute Gasteiger partial charge is 0.361 e. The Labute approximate surface area is 111 Å². The SMILES string of the molecule is CC(C)(C)NC(=O)CNc1cc(C#N)cc(Cl)n1. The number of hydrogen-bond acceptors (Lipinski definition) is 4. The molecule has 0 aromatic carbocycles. The first-order valence-corrected chi connectivity index (χ1v) is 5.80. The summed E-state index contributed by atoms with van der Waals surface area (Å²) in [6.07, 6.45) is 0. The van der Waals surface area contributed by atoms with Gasteiger partial charge in [-0.25, -0.2) is 4.98 Å². The van der Waals surface area contributed by atoms with Gasteiger partial charge in [-0.1, -0.05) is 11.6 Å². The van der Waals surface area contributed by atoms with Crippen molar-refractivity contribution in [2.24, 2.45) is 0 Å². The fourth-order valence-electron chi connectivity index (χ4n) is 1.29. The highest BCUT2D eigenvalue weighted by atomic mass is 35.5. The molecule has 18 heavy (non-hydrogen) atoms. The minimum absolute atomic E-state index is 0.0788. The molecule has 1 amide bonds. The van der Waals surface area contributed by atoms with Crippen molar-refractivity contribution in [3.63, 3.8) is 0 Å². The van der Waals surface area contributed by atoms with Crippen LogP contribution in [0.25, 0.3) is 0 Å². The first-order chi connectivity index (χ1) is 8.30. The number of carbonyl (C=O) groups excluding carboxylic acids is 1. The van der Waals surface area contributed by atoms with Gasteiger partial charge in [-0.3, -0.25) is 4.79 Å². The van der Waals surface area contributed by atoms with E-state index in [1.165, 1.54) is 12.1 Å². The lowest BCUT2D eigenvalue weighted by atomic mass is 10.1. The highest BCUT2D eigenvalue weighted by Crippen LogP contribution is 2.13. The Morgan fingerprint density at radius 2 is 2.17 bits per heavy atom.